The number of hydrogen-bond donors (Lipinski definition) is 1. The number of hydrogen-bond acceptors (Lipinski definition) is 3. The van der Waals surface area contributed by atoms with Crippen LogP contribution < -0.4 is 5.32 Å². The van der Waals surface area contributed by atoms with Gasteiger partial charge in [-0.15, -0.1) is 34.2 Å². The number of nitrogens with one attached hydrogen (secondary N) is 1. The van der Waals surface area contributed by atoms with Crippen molar-refractivity contribution in [1.29, 1.82) is 0 Å². The number of pyridine rings is 1. The van der Waals surface area contributed by atoms with E-state index >= 15 is 0 Å². The Balaban J connectivity index is 0.00000243. The number of rotatable bonds is 5. The van der Waals surface area contributed by atoms with Gasteiger partial charge in [0, 0.05) is 39.8 Å². The first-order valence-electron chi connectivity index (χ1n) is 9.37. The van der Waals surface area contributed by atoms with Crippen LogP contribution in [0.2, 0.25) is 0 Å². The molecule has 3 rings (SSSR count). The minimum atomic E-state index is 0. The summed E-state index contributed by atoms with van der Waals surface area (Å²) in [5.41, 5.74) is 0.894. The molecule has 144 valence electrons. The number of fused-ring (bicyclic) bond motifs is 1. The summed E-state index contributed by atoms with van der Waals surface area (Å²) in [4.78, 5) is 6.70. The van der Waals surface area contributed by atoms with Gasteiger partial charge in [0.15, 0.2) is 11.6 Å². The topological polar surface area (TPSA) is 57.8 Å². The third-order valence-electron chi connectivity index (χ3n) is 5.26. The van der Waals surface area contributed by atoms with Crippen LogP contribution in [-0.4, -0.2) is 52.6 Å². The van der Waals surface area contributed by atoms with E-state index in [1.807, 2.05) is 35.8 Å². The fraction of sp³-hybridized carbons (Fsp3) is 0.632. The maximum atomic E-state index is 4.44. The van der Waals surface area contributed by atoms with Crippen LogP contribution in [-0.2, 0) is 6.42 Å². The molecule has 1 aliphatic carbocycles. The molecule has 6 nitrogen and oxygen atoms in total. The summed E-state index contributed by atoms with van der Waals surface area (Å²) in [7, 11) is 3.99. The van der Waals surface area contributed by atoms with E-state index in [4.69, 9.17) is 0 Å². The smallest absolute Gasteiger partial charge is 0.193 e. The zero-order chi connectivity index (χ0) is 17.6. The normalized spacial score (nSPS) is 20.7. The highest BCUT2D eigenvalue weighted by molar-refractivity contribution is 14.0. The van der Waals surface area contributed by atoms with Gasteiger partial charge in [-0.2, -0.15) is 0 Å². The molecule has 1 saturated carbocycles. The first kappa shape index (κ1) is 20.9. The molecule has 0 saturated heterocycles. The molecule has 0 aliphatic heterocycles. The predicted molar refractivity (Wildman–Crippen MR) is 117 cm³/mol. The van der Waals surface area contributed by atoms with Gasteiger partial charge in [-0.05, 0) is 36.8 Å². The fourth-order valence-electron chi connectivity index (χ4n) is 3.72. The van der Waals surface area contributed by atoms with Crippen LogP contribution in [0.15, 0.2) is 29.4 Å². The molecular formula is C19H31IN6. The van der Waals surface area contributed by atoms with Gasteiger partial charge in [0.2, 0.25) is 0 Å². The quantitative estimate of drug-likeness (QED) is 0.414. The molecule has 26 heavy (non-hydrogen) atoms. The second-order valence-electron chi connectivity index (χ2n) is 7.28. The lowest BCUT2D eigenvalue weighted by atomic mass is 9.83. The second kappa shape index (κ2) is 10.1. The van der Waals surface area contributed by atoms with E-state index in [-0.39, 0.29) is 24.0 Å². The van der Waals surface area contributed by atoms with E-state index in [0.29, 0.717) is 0 Å². The van der Waals surface area contributed by atoms with Gasteiger partial charge < -0.3 is 10.2 Å². The highest BCUT2D eigenvalue weighted by Gasteiger charge is 2.20. The highest BCUT2D eigenvalue weighted by Crippen LogP contribution is 2.28. The van der Waals surface area contributed by atoms with Crippen molar-refractivity contribution in [1.82, 2.24) is 24.8 Å². The van der Waals surface area contributed by atoms with Crippen LogP contribution in [0.25, 0.3) is 5.65 Å². The lowest BCUT2D eigenvalue weighted by Crippen LogP contribution is -2.42. The molecule has 7 heteroatoms. The molecule has 2 heterocycles. The number of nitrogens with zero attached hydrogens (tertiary/aromatic N) is 5. The van der Waals surface area contributed by atoms with E-state index in [0.717, 1.165) is 48.8 Å². The molecule has 1 N–H and O–H groups in total. The average Bonchev–Trinajstić information content (AvgIpc) is 3.04. The molecule has 0 radical (unpaired) electrons. The molecule has 0 atom stereocenters. The Labute approximate surface area is 173 Å². The molecule has 0 bridgehead atoms. The highest BCUT2D eigenvalue weighted by atomic mass is 127. The van der Waals surface area contributed by atoms with E-state index in [9.17, 15) is 0 Å². The van der Waals surface area contributed by atoms with Crippen LogP contribution in [0, 0.1) is 11.8 Å². The summed E-state index contributed by atoms with van der Waals surface area (Å²) in [5, 5.41) is 11.9. The molecule has 0 unspecified atom stereocenters. The Kier molecular flexibility index (Phi) is 8.12. The molecule has 2 aromatic rings. The Bertz CT molecular complexity index is 705. The SMILES string of the molecule is CN=C(NCCc1nnc2ccccn12)N(C)CC1CCC(C)CC1.I. The van der Waals surface area contributed by atoms with E-state index in [1.165, 1.54) is 25.7 Å². The lowest BCUT2D eigenvalue weighted by Gasteiger charge is -2.31. The molecule has 1 fully saturated rings. The van der Waals surface area contributed by atoms with Gasteiger partial charge in [-0.3, -0.25) is 9.39 Å². The maximum absolute atomic E-state index is 4.44. The molecule has 1 aliphatic rings. The number of aliphatic imine (C=N–C) groups is 1. The molecule has 2 aromatic heterocycles. The van der Waals surface area contributed by atoms with Gasteiger partial charge in [-0.1, -0.05) is 25.8 Å². The Morgan fingerprint density at radius 1 is 1.27 bits per heavy atom. The first-order chi connectivity index (χ1) is 12.2. The van der Waals surface area contributed by atoms with Crippen LogP contribution in [0.4, 0.5) is 0 Å². The van der Waals surface area contributed by atoms with Gasteiger partial charge >= 0.3 is 0 Å². The van der Waals surface area contributed by atoms with Crippen molar-refractivity contribution < 1.29 is 0 Å². The fourth-order valence-corrected chi connectivity index (χ4v) is 3.72. The number of halogens is 1. The van der Waals surface area contributed by atoms with E-state index in [2.05, 4.69) is 39.4 Å². The monoisotopic (exact) mass is 470 g/mol. The van der Waals surface area contributed by atoms with Crippen LogP contribution >= 0.6 is 24.0 Å². The number of aromatic nitrogens is 3. The Hall–Kier alpha value is -1.38. The van der Waals surface area contributed by atoms with Crippen molar-refractivity contribution in [3.05, 3.63) is 30.2 Å². The van der Waals surface area contributed by atoms with Crippen LogP contribution in [0.5, 0.6) is 0 Å². The van der Waals surface area contributed by atoms with Crippen molar-refractivity contribution in [2.45, 2.75) is 39.0 Å². The predicted octanol–water partition coefficient (Wildman–Crippen LogP) is 3.22. The van der Waals surface area contributed by atoms with Gasteiger partial charge in [-0.25, -0.2) is 0 Å². The molecular weight excluding hydrogens is 439 g/mol. The lowest BCUT2D eigenvalue weighted by molar-refractivity contribution is 0.250. The van der Waals surface area contributed by atoms with Crippen molar-refractivity contribution in [2.75, 3.05) is 27.2 Å². The second-order valence-corrected chi connectivity index (χ2v) is 7.28. The first-order valence-corrected chi connectivity index (χ1v) is 9.37. The van der Waals surface area contributed by atoms with E-state index in [1.54, 1.807) is 0 Å². The standard InChI is InChI=1S/C19H30N6.HI/c1-15-7-9-16(10-8-15)14-24(3)19(20-2)21-12-11-18-23-22-17-6-4-5-13-25(17)18;/h4-6,13,15-16H,7-12,14H2,1-3H3,(H,20,21);1H. The Morgan fingerprint density at radius 2 is 2.04 bits per heavy atom. The summed E-state index contributed by atoms with van der Waals surface area (Å²) in [6.07, 6.45) is 8.24. The summed E-state index contributed by atoms with van der Waals surface area (Å²) in [6.45, 7) is 4.25. The van der Waals surface area contributed by atoms with Gasteiger partial charge in [0.05, 0.1) is 0 Å². The van der Waals surface area contributed by atoms with Crippen molar-refractivity contribution in [3.8, 4) is 0 Å². The van der Waals surface area contributed by atoms with Crippen LogP contribution in [0.3, 0.4) is 0 Å². The summed E-state index contributed by atoms with van der Waals surface area (Å²) in [6, 6.07) is 5.96. The molecule has 0 aromatic carbocycles. The van der Waals surface area contributed by atoms with E-state index < -0.39 is 0 Å². The molecule has 0 amide bonds. The average molecular weight is 470 g/mol. The third kappa shape index (κ3) is 5.31. The van der Waals surface area contributed by atoms with Crippen molar-refractivity contribution in [3.63, 3.8) is 0 Å². The van der Waals surface area contributed by atoms with Crippen molar-refractivity contribution in [2.24, 2.45) is 16.8 Å². The van der Waals surface area contributed by atoms with Crippen molar-refractivity contribution >= 4 is 35.6 Å². The third-order valence-corrected chi connectivity index (χ3v) is 5.26. The largest absolute Gasteiger partial charge is 0.356 e. The number of guanidine groups is 1. The summed E-state index contributed by atoms with van der Waals surface area (Å²) < 4.78 is 2.04. The Morgan fingerprint density at radius 3 is 2.77 bits per heavy atom. The molecule has 0 spiro atoms. The zero-order valence-corrected chi connectivity index (χ0v) is 18.4. The zero-order valence-electron chi connectivity index (χ0n) is 16.1. The summed E-state index contributed by atoms with van der Waals surface area (Å²) in [5.74, 6) is 3.63. The van der Waals surface area contributed by atoms with Gasteiger partial charge in [0.25, 0.3) is 0 Å². The van der Waals surface area contributed by atoms with Gasteiger partial charge in [0.1, 0.15) is 5.82 Å². The van der Waals surface area contributed by atoms with Crippen LogP contribution in [0.1, 0.15) is 38.4 Å². The summed E-state index contributed by atoms with van der Waals surface area (Å²) >= 11 is 0. The minimum Gasteiger partial charge on any atom is -0.356 e. The minimum absolute atomic E-state index is 0. The maximum Gasteiger partial charge on any atom is 0.193 e.